The van der Waals surface area contributed by atoms with Gasteiger partial charge in [0.1, 0.15) is 17.1 Å². The van der Waals surface area contributed by atoms with Crippen LogP contribution in [0.25, 0.3) is 11.3 Å². The second-order valence-electron chi connectivity index (χ2n) is 7.01. The summed E-state index contributed by atoms with van der Waals surface area (Å²) in [5.41, 5.74) is -0.432. The van der Waals surface area contributed by atoms with Crippen LogP contribution in [-0.4, -0.2) is 29.0 Å². The summed E-state index contributed by atoms with van der Waals surface area (Å²) in [4.78, 5) is 24.2. The van der Waals surface area contributed by atoms with Crippen molar-refractivity contribution in [2.24, 2.45) is 7.05 Å². The molecule has 0 aliphatic carbocycles. The summed E-state index contributed by atoms with van der Waals surface area (Å²) < 4.78 is 50.3. The predicted molar refractivity (Wildman–Crippen MR) is 105 cm³/mol. The van der Waals surface area contributed by atoms with Gasteiger partial charge in [-0.25, -0.2) is 4.79 Å². The first-order valence-corrected chi connectivity index (χ1v) is 9.60. The number of nitrogens with zero attached hydrogens (tertiary/aromatic N) is 2. The maximum absolute atomic E-state index is 13.0. The first-order valence-electron chi connectivity index (χ1n) is 9.60. The second-order valence-corrected chi connectivity index (χ2v) is 7.01. The Kier molecular flexibility index (Phi) is 7.64. The topological polar surface area (TPSA) is 70.4 Å². The van der Waals surface area contributed by atoms with Crippen LogP contribution in [0, 0.1) is 13.8 Å². The Hall–Kier alpha value is -2.84. The fraction of sp³-hybridized carbons (Fsp3) is 0.476. The normalized spacial score (nSPS) is 11.4. The Morgan fingerprint density at radius 1 is 1.13 bits per heavy atom. The van der Waals surface area contributed by atoms with E-state index in [4.69, 9.17) is 9.47 Å². The van der Waals surface area contributed by atoms with Crippen LogP contribution in [0.5, 0.6) is 5.75 Å². The highest BCUT2D eigenvalue weighted by molar-refractivity contribution is 5.72. The van der Waals surface area contributed by atoms with Crippen molar-refractivity contribution in [1.82, 2.24) is 9.78 Å². The Balaban J connectivity index is 2.26. The van der Waals surface area contributed by atoms with Gasteiger partial charge in [-0.1, -0.05) is 25.8 Å². The standard InChI is InChI=1S/C21H25F3N2O4/c1-5-6-7-8-29-19(28)12-30-17-10-15(13(2)9-14(17)3)20-16(27)11-18(21(22,23)24)26(4)25-20/h9-11H,5-8,12H2,1-4H3. The van der Waals surface area contributed by atoms with Gasteiger partial charge in [0.05, 0.1) is 6.61 Å². The molecule has 0 saturated heterocycles. The third kappa shape index (κ3) is 5.84. The van der Waals surface area contributed by atoms with E-state index in [9.17, 15) is 22.8 Å². The van der Waals surface area contributed by atoms with E-state index in [0.29, 0.717) is 39.8 Å². The zero-order chi connectivity index (χ0) is 22.5. The number of aryl methyl sites for hydroxylation is 3. The van der Waals surface area contributed by atoms with Crippen LogP contribution in [0.1, 0.15) is 43.0 Å². The molecule has 1 heterocycles. The molecule has 0 atom stereocenters. The van der Waals surface area contributed by atoms with Crippen molar-refractivity contribution in [3.05, 3.63) is 45.2 Å². The number of halogens is 3. The number of hydrogen-bond acceptors (Lipinski definition) is 5. The van der Waals surface area contributed by atoms with Gasteiger partial charge in [-0.3, -0.25) is 9.48 Å². The van der Waals surface area contributed by atoms with E-state index in [-0.39, 0.29) is 12.3 Å². The number of alkyl halides is 3. The lowest BCUT2D eigenvalue weighted by Crippen LogP contribution is -2.23. The second kappa shape index (κ2) is 9.77. The number of ether oxygens (including phenoxy) is 2. The smallest absolute Gasteiger partial charge is 0.433 e. The maximum atomic E-state index is 13.0. The van der Waals surface area contributed by atoms with E-state index in [1.54, 1.807) is 19.9 Å². The minimum atomic E-state index is -4.69. The summed E-state index contributed by atoms with van der Waals surface area (Å²) >= 11 is 0. The summed E-state index contributed by atoms with van der Waals surface area (Å²) in [6, 6.07) is 3.75. The minimum Gasteiger partial charge on any atom is -0.482 e. The first kappa shape index (κ1) is 23.4. The van der Waals surface area contributed by atoms with Gasteiger partial charge in [0.2, 0.25) is 5.43 Å². The molecule has 2 rings (SSSR count). The van der Waals surface area contributed by atoms with Crippen LogP contribution in [0.4, 0.5) is 13.2 Å². The lowest BCUT2D eigenvalue weighted by molar-refractivity contribution is -0.146. The average Bonchev–Trinajstić information content (AvgIpc) is 2.65. The van der Waals surface area contributed by atoms with Gasteiger partial charge in [-0.05, 0) is 37.5 Å². The fourth-order valence-corrected chi connectivity index (χ4v) is 2.95. The van der Waals surface area contributed by atoms with Crippen molar-refractivity contribution in [2.75, 3.05) is 13.2 Å². The van der Waals surface area contributed by atoms with Crippen LogP contribution in [0.3, 0.4) is 0 Å². The lowest BCUT2D eigenvalue weighted by Gasteiger charge is -2.15. The van der Waals surface area contributed by atoms with Crippen molar-refractivity contribution in [1.29, 1.82) is 0 Å². The van der Waals surface area contributed by atoms with Crippen molar-refractivity contribution in [3.8, 4) is 17.0 Å². The highest BCUT2D eigenvalue weighted by Crippen LogP contribution is 2.31. The molecule has 0 fully saturated rings. The Bertz CT molecular complexity index is 968. The fourth-order valence-electron chi connectivity index (χ4n) is 2.95. The van der Waals surface area contributed by atoms with Gasteiger partial charge >= 0.3 is 12.1 Å². The molecule has 0 saturated carbocycles. The maximum Gasteiger partial charge on any atom is 0.433 e. The molecular weight excluding hydrogens is 401 g/mol. The molecule has 164 valence electrons. The number of carbonyl (C=O) groups is 1. The van der Waals surface area contributed by atoms with Crippen LogP contribution in [0.15, 0.2) is 23.0 Å². The first-order chi connectivity index (χ1) is 14.0. The van der Waals surface area contributed by atoms with Gasteiger partial charge in [0, 0.05) is 18.7 Å². The van der Waals surface area contributed by atoms with Crippen molar-refractivity contribution >= 4 is 5.97 Å². The van der Waals surface area contributed by atoms with Gasteiger partial charge in [-0.2, -0.15) is 18.3 Å². The van der Waals surface area contributed by atoms with Crippen molar-refractivity contribution in [3.63, 3.8) is 0 Å². The molecular formula is C21H25F3N2O4. The molecule has 9 heteroatoms. The molecule has 6 nitrogen and oxygen atoms in total. The molecule has 1 aromatic carbocycles. The molecule has 0 amide bonds. The van der Waals surface area contributed by atoms with Crippen molar-refractivity contribution in [2.45, 2.75) is 46.2 Å². The molecule has 0 aliphatic heterocycles. The molecule has 2 aromatic rings. The summed E-state index contributed by atoms with van der Waals surface area (Å²) in [6.45, 7) is 5.53. The lowest BCUT2D eigenvalue weighted by atomic mass is 10.0. The van der Waals surface area contributed by atoms with Gasteiger partial charge in [-0.15, -0.1) is 0 Å². The van der Waals surface area contributed by atoms with E-state index in [1.165, 1.54) is 6.07 Å². The molecule has 0 bridgehead atoms. The zero-order valence-corrected chi connectivity index (χ0v) is 17.4. The molecule has 30 heavy (non-hydrogen) atoms. The number of aromatic nitrogens is 2. The van der Waals surface area contributed by atoms with E-state index in [2.05, 4.69) is 5.10 Å². The zero-order valence-electron chi connectivity index (χ0n) is 17.4. The van der Waals surface area contributed by atoms with E-state index in [0.717, 1.165) is 26.3 Å². The summed E-state index contributed by atoms with van der Waals surface area (Å²) in [6.07, 6.45) is -1.94. The summed E-state index contributed by atoms with van der Waals surface area (Å²) in [5, 5.41) is 3.83. The van der Waals surface area contributed by atoms with Crippen LogP contribution in [-0.2, 0) is 22.8 Å². The van der Waals surface area contributed by atoms with Crippen LogP contribution in [0.2, 0.25) is 0 Å². The van der Waals surface area contributed by atoms with Crippen LogP contribution >= 0.6 is 0 Å². The SMILES string of the molecule is CCCCCOC(=O)COc1cc(-c2nn(C)c(C(F)(F)F)cc2=O)c(C)cc1C. The molecule has 0 radical (unpaired) electrons. The monoisotopic (exact) mass is 426 g/mol. The summed E-state index contributed by atoms with van der Waals surface area (Å²) in [5.74, 6) is -0.193. The Labute approximate surface area is 172 Å². The van der Waals surface area contributed by atoms with Gasteiger partial charge < -0.3 is 9.47 Å². The molecule has 0 aliphatic rings. The Morgan fingerprint density at radius 3 is 2.47 bits per heavy atom. The number of esters is 1. The molecule has 0 spiro atoms. The Morgan fingerprint density at radius 2 is 1.83 bits per heavy atom. The minimum absolute atomic E-state index is 0.130. The number of rotatable bonds is 8. The summed E-state index contributed by atoms with van der Waals surface area (Å²) in [7, 11) is 1.13. The van der Waals surface area contributed by atoms with E-state index >= 15 is 0 Å². The van der Waals surface area contributed by atoms with E-state index < -0.39 is 23.3 Å². The number of unbranched alkanes of at least 4 members (excludes halogenated alkanes) is 2. The van der Waals surface area contributed by atoms with Gasteiger partial charge in [0.25, 0.3) is 0 Å². The number of benzene rings is 1. The third-order valence-corrected chi connectivity index (χ3v) is 4.52. The average molecular weight is 426 g/mol. The molecule has 1 aromatic heterocycles. The largest absolute Gasteiger partial charge is 0.482 e. The predicted octanol–water partition coefficient (Wildman–Crippen LogP) is 4.20. The van der Waals surface area contributed by atoms with Crippen LogP contribution < -0.4 is 10.2 Å². The highest BCUT2D eigenvalue weighted by Gasteiger charge is 2.34. The van der Waals surface area contributed by atoms with E-state index in [1.807, 2.05) is 6.92 Å². The highest BCUT2D eigenvalue weighted by atomic mass is 19.4. The quantitative estimate of drug-likeness (QED) is 0.468. The number of carbonyl (C=O) groups excluding carboxylic acids is 1. The van der Waals surface area contributed by atoms with Gasteiger partial charge in [0.15, 0.2) is 6.61 Å². The number of hydrogen-bond donors (Lipinski definition) is 0. The van der Waals surface area contributed by atoms with Crippen molar-refractivity contribution < 1.29 is 27.4 Å². The molecule has 0 N–H and O–H groups in total. The molecule has 0 unspecified atom stereocenters. The third-order valence-electron chi connectivity index (χ3n) is 4.52.